The predicted molar refractivity (Wildman–Crippen MR) is 69.1 cm³/mol. The molecule has 1 aliphatic heterocycles. The average Bonchev–Trinajstić information content (AvgIpc) is 2.37. The molecule has 0 spiro atoms. The Morgan fingerprint density at radius 3 is 2.30 bits per heavy atom. The smallest absolute Gasteiger partial charge is 0.381 e. The molecule has 0 radical (unpaired) electrons. The van der Waals surface area contributed by atoms with Crippen molar-refractivity contribution in [3.05, 3.63) is 35.1 Å². The highest BCUT2D eigenvalue weighted by Crippen LogP contribution is 2.34. The van der Waals surface area contributed by atoms with Crippen LogP contribution in [0.4, 0.5) is 17.6 Å². The summed E-state index contributed by atoms with van der Waals surface area (Å²) in [6.45, 7) is 1.17. The molecule has 0 aliphatic carbocycles. The summed E-state index contributed by atoms with van der Waals surface area (Å²) in [5, 5.41) is 0. The van der Waals surface area contributed by atoms with E-state index in [1.54, 1.807) is 0 Å². The van der Waals surface area contributed by atoms with E-state index in [0.29, 0.717) is 18.8 Å². The minimum Gasteiger partial charge on any atom is -0.381 e. The summed E-state index contributed by atoms with van der Waals surface area (Å²) >= 11 is 0. The van der Waals surface area contributed by atoms with Crippen LogP contribution >= 0.6 is 12.4 Å². The lowest BCUT2D eigenvalue weighted by molar-refractivity contribution is -0.140. The molecule has 1 aromatic rings. The van der Waals surface area contributed by atoms with Crippen LogP contribution in [0.3, 0.4) is 0 Å². The van der Waals surface area contributed by atoms with Gasteiger partial charge in [-0.1, -0.05) is 6.07 Å². The molecule has 2 N–H and O–H groups in total. The third-order valence-electron chi connectivity index (χ3n) is 3.46. The molecule has 0 unspecified atom stereocenters. The van der Waals surface area contributed by atoms with Crippen molar-refractivity contribution in [2.45, 2.75) is 25.1 Å². The molecule has 0 aromatic heterocycles. The molecule has 2 nitrogen and oxygen atoms in total. The summed E-state index contributed by atoms with van der Waals surface area (Å²) in [4.78, 5) is 0. The molecule has 1 aliphatic rings. The SMILES string of the molecule is Cl.N[C@@H](c1ccc(C(F)(F)F)c(F)c1)C1CCOCC1. The molecule has 20 heavy (non-hydrogen) atoms. The van der Waals surface area contributed by atoms with Gasteiger partial charge in [-0.2, -0.15) is 13.2 Å². The van der Waals surface area contributed by atoms with E-state index >= 15 is 0 Å². The van der Waals surface area contributed by atoms with Gasteiger partial charge in [0.1, 0.15) is 5.82 Å². The maximum absolute atomic E-state index is 13.5. The van der Waals surface area contributed by atoms with Gasteiger partial charge < -0.3 is 10.5 Å². The summed E-state index contributed by atoms with van der Waals surface area (Å²) in [5.41, 5.74) is 5.14. The quantitative estimate of drug-likeness (QED) is 0.845. The first kappa shape index (κ1) is 17.2. The van der Waals surface area contributed by atoms with Crippen molar-refractivity contribution in [3.63, 3.8) is 0 Å². The second-order valence-electron chi connectivity index (χ2n) is 4.71. The Morgan fingerprint density at radius 1 is 1.20 bits per heavy atom. The van der Waals surface area contributed by atoms with Gasteiger partial charge in [-0.3, -0.25) is 0 Å². The zero-order valence-electron chi connectivity index (χ0n) is 10.6. The van der Waals surface area contributed by atoms with Crippen molar-refractivity contribution in [2.24, 2.45) is 11.7 Å². The zero-order valence-corrected chi connectivity index (χ0v) is 11.4. The van der Waals surface area contributed by atoms with Crippen molar-refractivity contribution >= 4 is 12.4 Å². The highest BCUT2D eigenvalue weighted by atomic mass is 35.5. The lowest BCUT2D eigenvalue weighted by Gasteiger charge is -2.28. The van der Waals surface area contributed by atoms with E-state index in [4.69, 9.17) is 10.5 Å². The van der Waals surface area contributed by atoms with Crippen molar-refractivity contribution < 1.29 is 22.3 Å². The first-order valence-electron chi connectivity index (χ1n) is 6.09. The molecule has 0 saturated carbocycles. The van der Waals surface area contributed by atoms with Crippen LogP contribution in [0.5, 0.6) is 0 Å². The Bertz CT molecular complexity index is 446. The number of rotatable bonds is 2. The lowest BCUT2D eigenvalue weighted by Crippen LogP contribution is -2.27. The van der Waals surface area contributed by atoms with Gasteiger partial charge in [0.2, 0.25) is 0 Å². The molecule has 1 saturated heterocycles. The normalized spacial score (nSPS) is 18.4. The number of alkyl halides is 3. The van der Waals surface area contributed by atoms with E-state index < -0.39 is 23.6 Å². The van der Waals surface area contributed by atoms with E-state index in [9.17, 15) is 17.6 Å². The average molecular weight is 314 g/mol. The van der Waals surface area contributed by atoms with Gasteiger partial charge in [-0.15, -0.1) is 12.4 Å². The third kappa shape index (κ3) is 3.84. The predicted octanol–water partition coefficient (Wildman–Crippen LogP) is 3.69. The summed E-state index contributed by atoms with van der Waals surface area (Å²) < 4.78 is 56.0. The fourth-order valence-corrected chi connectivity index (χ4v) is 2.32. The standard InChI is InChI=1S/C13H15F4NO.ClH/c14-11-7-9(1-2-10(11)13(15,16)17)12(18)8-3-5-19-6-4-8;/h1-2,7-8,12H,3-6,18H2;1H/t12-;/m1./s1. The number of nitrogens with two attached hydrogens (primary N) is 1. The van der Waals surface area contributed by atoms with Crippen LogP contribution < -0.4 is 5.73 Å². The summed E-state index contributed by atoms with van der Waals surface area (Å²) in [5.74, 6) is -1.16. The molecule has 1 heterocycles. The van der Waals surface area contributed by atoms with Crippen LogP contribution in [0.2, 0.25) is 0 Å². The van der Waals surface area contributed by atoms with Gasteiger partial charge in [0.25, 0.3) is 0 Å². The summed E-state index contributed by atoms with van der Waals surface area (Å²) in [6.07, 6.45) is -3.20. The molecule has 1 aromatic carbocycles. The number of hydrogen-bond acceptors (Lipinski definition) is 2. The lowest BCUT2D eigenvalue weighted by atomic mass is 9.87. The van der Waals surface area contributed by atoms with Crippen molar-refractivity contribution in [1.82, 2.24) is 0 Å². The van der Waals surface area contributed by atoms with Crippen LogP contribution in [0.25, 0.3) is 0 Å². The number of ether oxygens (including phenoxy) is 1. The monoisotopic (exact) mass is 313 g/mol. The van der Waals surface area contributed by atoms with Crippen LogP contribution in [0.15, 0.2) is 18.2 Å². The fraction of sp³-hybridized carbons (Fsp3) is 0.538. The molecule has 1 fully saturated rings. The number of benzene rings is 1. The first-order chi connectivity index (χ1) is 8.89. The minimum absolute atomic E-state index is 0. The molecule has 7 heteroatoms. The van der Waals surface area contributed by atoms with Gasteiger partial charge in [0, 0.05) is 19.3 Å². The van der Waals surface area contributed by atoms with Crippen molar-refractivity contribution in [2.75, 3.05) is 13.2 Å². The summed E-state index contributed by atoms with van der Waals surface area (Å²) in [7, 11) is 0. The molecular formula is C13H16ClF4NO. The highest BCUT2D eigenvalue weighted by Gasteiger charge is 2.34. The fourth-order valence-electron chi connectivity index (χ4n) is 2.32. The third-order valence-corrected chi connectivity index (χ3v) is 3.46. The number of hydrogen-bond donors (Lipinski definition) is 1. The van der Waals surface area contributed by atoms with E-state index in [2.05, 4.69) is 0 Å². The molecule has 0 amide bonds. The maximum atomic E-state index is 13.5. The Balaban J connectivity index is 0.00000200. The van der Waals surface area contributed by atoms with E-state index in [0.717, 1.165) is 25.0 Å². The second-order valence-corrected chi connectivity index (χ2v) is 4.71. The Hall–Kier alpha value is -0.850. The van der Waals surface area contributed by atoms with Crippen LogP contribution in [-0.2, 0) is 10.9 Å². The van der Waals surface area contributed by atoms with Gasteiger partial charge in [0.15, 0.2) is 0 Å². The molecule has 0 bridgehead atoms. The molecular weight excluding hydrogens is 298 g/mol. The highest BCUT2D eigenvalue weighted by molar-refractivity contribution is 5.85. The maximum Gasteiger partial charge on any atom is 0.419 e. The van der Waals surface area contributed by atoms with Crippen LogP contribution in [0.1, 0.15) is 30.0 Å². The molecule has 114 valence electrons. The van der Waals surface area contributed by atoms with Gasteiger partial charge in [-0.05, 0) is 36.5 Å². The Kier molecular flexibility index (Phi) is 5.79. The van der Waals surface area contributed by atoms with Crippen LogP contribution in [0, 0.1) is 11.7 Å². The number of halogens is 5. The van der Waals surface area contributed by atoms with Gasteiger partial charge >= 0.3 is 6.18 Å². The minimum atomic E-state index is -4.68. The van der Waals surface area contributed by atoms with E-state index in [1.165, 1.54) is 6.07 Å². The summed E-state index contributed by atoms with van der Waals surface area (Å²) in [6, 6.07) is 2.44. The van der Waals surface area contributed by atoms with E-state index in [-0.39, 0.29) is 18.3 Å². The van der Waals surface area contributed by atoms with Crippen molar-refractivity contribution in [3.8, 4) is 0 Å². The van der Waals surface area contributed by atoms with Gasteiger partial charge in [-0.25, -0.2) is 4.39 Å². The van der Waals surface area contributed by atoms with Gasteiger partial charge in [0.05, 0.1) is 5.56 Å². The van der Waals surface area contributed by atoms with Crippen LogP contribution in [-0.4, -0.2) is 13.2 Å². The van der Waals surface area contributed by atoms with Crippen molar-refractivity contribution in [1.29, 1.82) is 0 Å². The zero-order chi connectivity index (χ0) is 14.0. The molecule has 1 atom stereocenters. The second kappa shape index (κ2) is 6.74. The topological polar surface area (TPSA) is 35.2 Å². The largest absolute Gasteiger partial charge is 0.419 e. The Labute approximate surface area is 120 Å². The first-order valence-corrected chi connectivity index (χ1v) is 6.09. The Morgan fingerprint density at radius 2 is 1.80 bits per heavy atom. The van der Waals surface area contributed by atoms with E-state index in [1.807, 2.05) is 0 Å². The molecule has 2 rings (SSSR count).